The Morgan fingerprint density at radius 1 is 0.861 bits per heavy atom. The van der Waals surface area contributed by atoms with Crippen LogP contribution in [-0.2, 0) is 49.6 Å². The highest BCUT2D eigenvalue weighted by atomic mass is 16.6. The number of carbonyl (C=O) groups excluding carboxylic acids is 7. The van der Waals surface area contributed by atoms with E-state index >= 15 is 0 Å². The van der Waals surface area contributed by atoms with E-state index in [2.05, 4.69) is 10.6 Å². The second kappa shape index (κ2) is 30.3. The molecular weight excluding hydrogens is 1030 g/mol. The maximum atomic E-state index is 14.3. The number of anilines is 1. The lowest BCUT2D eigenvalue weighted by Gasteiger charge is -2.39. The van der Waals surface area contributed by atoms with E-state index < -0.39 is 90.9 Å². The molecule has 1 aliphatic carbocycles. The number of likely N-dealkylation sites (N-methyl/N-ethyl adjacent to an activating group) is 1. The number of unbranched alkanes of at least 4 members (excludes halogenated alkanes) is 2. The van der Waals surface area contributed by atoms with Gasteiger partial charge in [-0.25, -0.2) is 4.79 Å². The topological polar surface area (TPSA) is 319 Å². The van der Waals surface area contributed by atoms with Gasteiger partial charge in [0.25, 0.3) is 11.8 Å². The van der Waals surface area contributed by atoms with Crippen molar-refractivity contribution >= 4 is 53.1 Å². The van der Waals surface area contributed by atoms with Crippen molar-refractivity contribution in [3.63, 3.8) is 0 Å². The standard InChI is InChI=1S/C57H81N5O17/c1-7-33(2)51(44(77-6)30-50(69)61-26-14-17-41(61)39(31-63)35(4)42(64)27-34(3)52(70)37-15-10-8-11-16-37)60(5)57(76)78-32-36-19-20-43(79-45-29-38(56(74)75)53(71)55(73)54(45)72)40(28-36)59-47(66)23-24-58-46(65)18-12-9-13-25-62-48(67)21-22-49(62)68/h8,10-11,15-16,19-22,28,33-35,38-39,41,44-45,51-55,63,70-73H,7,9,12-14,17-18,23-27,29-32H2,1-6H3,(H,58,65)(H,59,66)(H,74,75)/t33-,34-,35+,38-,39+,41-,44+,45+,51-,52+,53+,54-,55-/m0/s1. The number of benzene rings is 2. The van der Waals surface area contributed by atoms with Crippen molar-refractivity contribution in [2.45, 2.75) is 154 Å². The number of hydrogen-bond donors (Lipinski definition) is 8. The molecule has 79 heavy (non-hydrogen) atoms. The molecule has 2 heterocycles. The summed E-state index contributed by atoms with van der Waals surface area (Å²) in [5, 5.41) is 68.4. The first kappa shape index (κ1) is 63.5. The Labute approximate surface area is 461 Å². The van der Waals surface area contributed by atoms with Crippen LogP contribution >= 0.6 is 0 Å². The van der Waals surface area contributed by atoms with Gasteiger partial charge in [-0.2, -0.15) is 0 Å². The van der Waals surface area contributed by atoms with Gasteiger partial charge in [0.05, 0.1) is 42.4 Å². The molecule has 8 N–H and O–H groups in total. The second-order valence-corrected chi connectivity index (χ2v) is 21.2. The van der Waals surface area contributed by atoms with E-state index in [9.17, 15) is 69.0 Å². The SMILES string of the molecule is CC[C@H](C)[C@@H]([C@@H](CC(=O)N1CCC[C@H]1[C@H](CO)[C@@H](C)C(=O)C[C@H](C)[C@@H](O)c1ccccc1)OC)N(C)C(=O)OCc1ccc(O[C@@H]2C[C@H](C(=O)O)[C@@H](O)[C@H](O)[C@H]2O)c(NC(=O)CCNC(=O)CCCCCN2C(=O)C=CC2=O)c1. The van der Waals surface area contributed by atoms with Crippen molar-refractivity contribution in [3.05, 3.63) is 71.8 Å². The molecule has 0 bridgehead atoms. The molecule has 2 aromatic carbocycles. The number of aliphatic carboxylic acids is 1. The van der Waals surface area contributed by atoms with Crippen LogP contribution < -0.4 is 15.4 Å². The van der Waals surface area contributed by atoms with Crippen LogP contribution in [0.25, 0.3) is 0 Å². The maximum Gasteiger partial charge on any atom is 0.410 e. The summed E-state index contributed by atoms with van der Waals surface area (Å²) in [6, 6.07) is 12.3. The van der Waals surface area contributed by atoms with Gasteiger partial charge in [0, 0.05) is 96.1 Å². The first-order chi connectivity index (χ1) is 37.6. The molecule has 2 fully saturated rings. The van der Waals surface area contributed by atoms with E-state index in [4.69, 9.17) is 14.2 Å². The van der Waals surface area contributed by atoms with Crippen LogP contribution in [0.3, 0.4) is 0 Å². The maximum absolute atomic E-state index is 14.3. The summed E-state index contributed by atoms with van der Waals surface area (Å²) < 4.78 is 17.8. The van der Waals surface area contributed by atoms with Crippen LogP contribution in [0.4, 0.5) is 10.5 Å². The van der Waals surface area contributed by atoms with Crippen LogP contribution in [0.5, 0.6) is 5.75 Å². The van der Waals surface area contributed by atoms with Gasteiger partial charge in [-0.1, -0.05) is 76.9 Å². The number of ether oxygens (including phenoxy) is 3. The Balaban J connectivity index is 1.23. The van der Waals surface area contributed by atoms with Gasteiger partial charge >= 0.3 is 12.1 Å². The minimum atomic E-state index is -1.87. The van der Waals surface area contributed by atoms with E-state index in [1.54, 1.807) is 24.0 Å². The number of rotatable bonds is 30. The van der Waals surface area contributed by atoms with E-state index in [0.29, 0.717) is 56.2 Å². The molecule has 2 aliphatic heterocycles. The lowest BCUT2D eigenvalue weighted by molar-refractivity contribution is -0.174. The van der Waals surface area contributed by atoms with Gasteiger partial charge in [0.15, 0.2) is 0 Å². The van der Waals surface area contributed by atoms with Gasteiger partial charge < -0.3 is 65.3 Å². The average Bonchev–Trinajstić information content (AvgIpc) is 4.07. The predicted molar refractivity (Wildman–Crippen MR) is 286 cm³/mol. The molecule has 6 amide bonds. The van der Waals surface area contributed by atoms with Crippen LogP contribution in [0.1, 0.15) is 116 Å². The summed E-state index contributed by atoms with van der Waals surface area (Å²) in [7, 11) is 2.99. The molecule has 3 aliphatic rings. The molecule has 0 aromatic heterocycles. The molecule has 22 heteroatoms. The fraction of sp³-hybridized carbons (Fsp3) is 0.614. The molecule has 1 saturated heterocycles. The van der Waals surface area contributed by atoms with Gasteiger partial charge in [0.1, 0.15) is 36.5 Å². The number of amides is 6. The second-order valence-electron chi connectivity index (χ2n) is 21.2. The number of likely N-dealkylation sites (tertiary alicyclic amines) is 1. The highest BCUT2D eigenvalue weighted by Gasteiger charge is 2.47. The molecule has 436 valence electrons. The number of aliphatic hydroxyl groups is 5. The highest BCUT2D eigenvalue weighted by molar-refractivity contribution is 6.12. The third-order valence-corrected chi connectivity index (χ3v) is 15.8. The van der Waals surface area contributed by atoms with Crippen molar-refractivity contribution in [1.29, 1.82) is 0 Å². The van der Waals surface area contributed by atoms with Crippen LogP contribution in [-0.4, -0.2) is 176 Å². The molecular formula is C57H81N5O17. The summed E-state index contributed by atoms with van der Waals surface area (Å²) >= 11 is 0. The van der Waals surface area contributed by atoms with Gasteiger partial charge in [0.2, 0.25) is 17.7 Å². The first-order valence-electron chi connectivity index (χ1n) is 27.4. The van der Waals surface area contributed by atoms with Crippen LogP contribution in [0, 0.1) is 29.6 Å². The van der Waals surface area contributed by atoms with Crippen LogP contribution in [0.2, 0.25) is 0 Å². The Kier molecular flexibility index (Phi) is 24.4. The molecule has 22 nitrogen and oxygen atoms in total. The van der Waals surface area contributed by atoms with E-state index in [-0.39, 0.29) is 105 Å². The number of imide groups is 1. The smallest absolute Gasteiger partial charge is 0.410 e. The zero-order valence-corrected chi connectivity index (χ0v) is 46.1. The Hall–Kier alpha value is -6.30. The summed E-state index contributed by atoms with van der Waals surface area (Å²) in [6.07, 6.45) is -3.87. The largest absolute Gasteiger partial charge is 0.485 e. The number of aliphatic hydroxyl groups excluding tert-OH is 5. The fourth-order valence-corrected chi connectivity index (χ4v) is 10.8. The first-order valence-corrected chi connectivity index (χ1v) is 27.4. The number of hydrogen-bond acceptors (Lipinski definition) is 16. The Morgan fingerprint density at radius 3 is 2.20 bits per heavy atom. The van der Waals surface area contributed by atoms with E-state index in [1.807, 2.05) is 39.0 Å². The zero-order chi connectivity index (χ0) is 58.1. The normalized spacial score (nSPS) is 22.8. The molecule has 0 radical (unpaired) electrons. The number of methoxy groups -OCH3 is 1. The quantitative estimate of drug-likeness (QED) is 0.0410. The zero-order valence-electron chi connectivity index (χ0n) is 46.1. The van der Waals surface area contributed by atoms with Crippen LogP contribution in [0.15, 0.2) is 60.7 Å². The number of nitrogens with one attached hydrogen (secondary N) is 2. The number of carboxylic acids is 1. The van der Waals surface area contributed by atoms with Crippen molar-refractivity contribution in [2.75, 3.05) is 45.7 Å². The molecule has 13 atom stereocenters. The number of ketones is 1. The molecule has 2 aromatic rings. The van der Waals surface area contributed by atoms with Crippen molar-refractivity contribution in [1.82, 2.24) is 20.0 Å². The minimum absolute atomic E-state index is 0.0114. The van der Waals surface area contributed by atoms with Crippen molar-refractivity contribution < 1.29 is 83.2 Å². The molecule has 1 saturated carbocycles. The van der Waals surface area contributed by atoms with Gasteiger partial charge in [-0.3, -0.25) is 38.5 Å². The summed E-state index contributed by atoms with van der Waals surface area (Å²) in [5.41, 5.74) is 1.06. The Morgan fingerprint density at radius 2 is 1.56 bits per heavy atom. The lowest BCUT2D eigenvalue weighted by Crippen LogP contribution is -2.57. The molecule has 5 rings (SSSR count). The summed E-state index contributed by atoms with van der Waals surface area (Å²) in [4.78, 5) is 108. The molecule has 0 spiro atoms. The minimum Gasteiger partial charge on any atom is -0.485 e. The predicted octanol–water partition coefficient (Wildman–Crippen LogP) is 3.50. The number of carboxylic acid groups (broad SMARTS) is 1. The number of nitrogens with zero attached hydrogens (tertiary/aromatic N) is 3. The molecule has 0 unspecified atom stereocenters. The Bertz CT molecular complexity index is 2420. The summed E-state index contributed by atoms with van der Waals surface area (Å²) in [6.45, 7) is 7.32. The van der Waals surface area contributed by atoms with E-state index in [1.165, 1.54) is 49.4 Å². The van der Waals surface area contributed by atoms with Crippen molar-refractivity contribution in [2.24, 2.45) is 29.6 Å². The average molecular weight is 1110 g/mol. The number of carbonyl (C=O) groups is 8. The number of Topliss-reactive ketones (excluding diaryl/α,β-unsaturated/α-hetero) is 1. The summed E-state index contributed by atoms with van der Waals surface area (Å²) in [5.74, 6) is -6.79. The van der Waals surface area contributed by atoms with E-state index in [0.717, 1.165) is 4.90 Å². The monoisotopic (exact) mass is 1110 g/mol. The third kappa shape index (κ3) is 17.1. The lowest BCUT2D eigenvalue weighted by atomic mass is 9.80. The third-order valence-electron chi connectivity index (χ3n) is 15.8. The van der Waals surface area contributed by atoms with Gasteiger partial charge in [-0.15, -0.1) is 0 Å². The van der Waals surface area contributed by atoms with Gasteiger partial charge in [-0.05, 0) is 60.8 Å². The fourth-order valence-electron chi connectivity index (χ4n) is 10.8. The van der Waals surface area contributed by atoms with Crippen molar-refractivity contribution in [3.8, 4) is 5.75 Å². The highest BCUT2D eigenvalue weighted by Crippen LogP contribution is 2.36.